The van der Waals surface area contributed by atoms with Crippen LogP contribution in [0.4, 0.5) is 0 Å². The maximum Gasteiger partial charge on any atom is 0.316 e. The summed E-state index contributed by atoms with van der Waals surface area (Å²) in [5.74, 6) is 0.691. The van der Waals surface area contributed by atoms with Crippen molar-refractivity contribution in [2.45, 2.75) is 6.92 Å². The van der Waals surface area contributed by atoms with Gasteiger partial charge in [-0.1, -0.05) is 23.4 Å². The lowest BCUT2D eigenvalue weighted by Crippen LogP contribution is -2.36. The number of hydrogen-bond acceptors (Lipinski definition) is 7. The Hall–Kier alpha value is -3.88. The van der Waals surface area contributed by atoms with Crippen molar-refractivity contribution in [2.24, 2.45) is 0 Å². The van der Waals surface area contributed by atoms with Crippen molar-refractivity contribution in [3.05, 3.63) is 60.0 Å². The second-order valence-electron chi connectivity index (χ2n) is 6.31. The molecule has 9 heteroatoms. The molecule has 0 unspecified atom stereocenters. The number of aryl methyl sites for hydroxylation is 1. The number of aromatic nitrogens is 2. The highest BCUT2D eigenvalue weighted by Gasteiger charge is 2.16. The van der Waals surface area contributed by atoms with Crippen LogP contribution >= 0.6 is 0 Å². The van der Waals surface area contributed by atoms with E-state index in [2.05, 4.69) is 20.8 Å². The summed E-state index contributed by atoms with van der Waals surface area (Å²) < 4.78 is 15.6. The summed E-state index contributed by atoms with van der Waals surface area (Å²) in [5.41, 5.74) is 1.64. The first kappa shape index (κ1) is 20.8. The molecule has 0 aliphatic heterocycles. The highest BCUT2D eigenvalue weighted by atomic mass is 16.5. The molecule has 0 atom stereocenters. The van der Waals surface area contributed by atoms with Crippen LogP contribution in [0.5, 0.6) is 11.5 Å². The number of para-hydroxylation sites is 1. The van der Waals surface area contributed by atoms with E-state index in [1.807, 2.05) is 25.1 Å². The second kappa shape index (κ2) is 10.1. The molecule has 3 rings (SSSR count). The smallest absolute Gasteiger partial charge is 0.316 e. The number of rotatable bonds is 9. The molecule has 2 amide bonds. The summed E-state index contributed by atoms with van der Waals surface area (Å²) >= 11 is 0. The lowest BCUT2D eigenvalue weighted by atomic mass is 10.2. The van der Waals surface area contributed by atoms with Crippen LogP contribution in [0.2, 0.25) is 0 Å². The predicted octanol–water partition coefficient (Wildman–Crippen LogP) is 1.98. The zero-order chi connectivity index (χ0) is 21.3. The number of carbonyl (C=O) groups is 2. The zero-order valence-electron chi connectivity index (χ0n) is 16.7. The monoisotopic (exact) mass is 410 g/mol. The van der Waals surface area contributed by atoms with Gasteiger partial charge in [-0.15, -0.1) is 0 Å². The van der Waals surface area contributed by atoms with Gasteiger partial charge >= 0.3 is 11.8 Å². The van der Waals surface area contributed by atoms with Crippen LogP contribution in [0, 0.1) is 6.92 Å². The molecule has 0 bridgehead atoms. The van der Waals surface area contributed by atoms with Crippen LogP contribution in [0.25, 0.3) is 11.4 Å². The van der Waals surface area contributed by atoms with Gasteiger partial charge in [0.1, 0.15) is 11.5 Å². The van der Waals surface area contributed by atoms with Gasteiger partial charge in [0.25, 0.3) is 5.91 Å². The number of carbonyl (C=O) groups excluding carboxylic acids is 2. The summed E-state index contributed by atoms with van der Waals surface area (Å²) in [4.78, 5) is 28.1. The topological polar surface area (TPSA) is 116 Å². The van der Waals surface area contributed by atoms with E-state index in [4.69, 9.17) is 14.0 Å². The van der Waals surface area contributed by atoms with Gasteiger partial charge in [0.05, 0.1) is 7.11 Å². The molecule has 0 aliphatic rings. The Labute approximate surface area is 173 Å². The van der Waals surface area contributed by atoms with Crippen LogP contribution in [-0.4, -0.2) is 48.8 Å². The van der Waals surface area contributed by atoms with E-state index in [0.717, 1.165) is 5.56 Å². The van der Waals surface area contributed by atoms with Crippen molar-refractivity contribution in [1.29, 1.82) is 0 Å². The van der Waals surface area contributed by atoms with Gasteiger partial charge in [-0.25, -0.2) is 0 Å². The maximum absolute atomic E-state index is 12.1. The molecule has 0 aliphatic carbocycles. The fraction of sp³-hybridized carbons (Fsp3) is 0.238. The Morgan fingerprint density at radius 1 is 1.03 bits per heavy atom. The highest BCUT2D eigenvalue weighted by molar-refractivity contribution is 5.89. The van der Waals surface area contributed by atoms with E-state index >= 15 is 0 Å². The minimum Gasteiger partial charge on any atom is -0.497 e. The van der Waals surface area contributed by atoms with Crippen molar-refractivity contribution in [3.63, 3.8) is 0 Å². The Balaban J connectivity index is 1.40. The Kier molecular flexibility index (Phi) is 6.99. The Morgan fingerprint density at radius 2 is 1.77 bits per heavy atom. The van der Waals surface area contributed by atoms with Gasteiger partial charge in [-0.05, 0) is 42.8 Å². The molecule has 1 heterocycles. The molecule has 0 saturated carbocycles. The third kappa shape index (κ3) is 5.57. The maximum atomic E-state index is 12.1. The van der Waals surface area contributed by atoms with E-state index < -0.39 is 5.91 Å². The van der Waals surface area contributed by atoms with E-state index in [-0.39, 0.29) is 31.5 Å². The van der Waals surface area contributed by atoms with Gasteiger partial charge in [0.2, 0.25) is 5.82 Å². The Bertz CT molecular complexity index is 1000. The predicted molar refractivity (Wildman–Crippen MR) is 108 cm³/mol. The molecule has 0 spiro atoms. The van der Waals surface area contributed by atoms with Crippen molar-refractivity contribution in [1.82, 2.24) is 20.8 Å². The average Bonchev–Trinajstić information content (AvgIpc) is 3.26. The van der Waals surface area contributed by atoms with Crippen molar-refractivity contribution < 1.29 is 23.6 Å². The van der Waals surface area contributed by atoms with Gasteiger partial charge in [-0.2, -0.15) is 4.98 Å². The van der Waals surface area contributed by atoms with Crippen LogP contribution in [0.3, 0.4) is 0 Å². The fourth-order valence-electron chi connectivity index (χ4n) is 2.54. The van der Waals surface area contributed by atoms with Crippen LogP contribution < -0.4 is 20.1 Å². The van der Waals surface area contributed by atoms with Crippen LogP contribution in [0.1, 0.15) is 16.2 Å². The minimum atomic E-state index is -0.521. The number of benzene rings is 2. The molecular weight excluding hydrogens is 388 g/mol. The third-order valence-corrected chi connectivity index (χ3v) is 4.15. The first-order valence-electron chi connectivity index (χ1n) is 9.28. The third-order valence-electron chi connectivity index (χ3n) is 4.15. The number of hydrogen-bond donors (Lipinski definition) is 2. The SMILES string of the molecule is COc1ccc(-c2noc(C(=O)NCCNC(=O)COc3ccccc3C)n2)cc1. The average molecular weight is 410 g/mol. The van der Waals surface area contributed by atoms with Gasteiger partial charge in [0, 0.05) is 18.7 Å². The number of nitrogens with one attached hydrogen (secondary N) is 2. The first-order valence-corrected chi connectivity index (χ1v) is 9.28. The van der Waals surface area contributed by atoms with E-state index in [1.165, 1.54) is 0 Å². The molecule has 30 heavy (non-hydrogen) atoms. The van der Waals surface area contributed by atoms with Crippen LogP contribution in [0.15, 0.2) is 53.1 Å². The minimum absolute atomic E-state index is 0.103. The van der Waals surface area contributed by atoms with Crippen LogP contribution in [-0.2, 0) is 4.79 Å². The van der Waals surface area contributed by atoms with E-state index in [0.29, 0.717) is 22.9 Å². The molecule has 2 N–H and O–H groups in total. The van der Waals surface area contributed by atoms with Crippen molar-refractivity contribution >= 4 is 11.8 Å². The Morgan fingerprint density at radius 3 is 2.50 bits per heavy atom. The van der Waals surface area contributed by atoms with Gasteiger partial charge in [-0.3, -0.25) is 9.59 Å². The second-order valence-corrected chi connectivity index (χ2v) is 6.31. The standard InChI is InChI=1S/C21H22N4O5/c1-14-5-3-4-6-17(14)29-13-18(26)22-11-12-23-20(27)21-24-19(25-30-21)15-7-9-16(28-2)10-8-15/h3-10H,11-13H2,1-2H3,(H,22,26)(H,23,27). The normalized spacial score (nSPS) is 10.3. The molecular formula is C21H22N4O5. The summed E-state index contributed by atoms with van der Waals surface area (Å²) in [6.45, 7) is 2.24. The number of methoxy groups -OCH3 is 1. The molecule has 2 aromatic carbocycles. The number of amides is 2. The lowest BCUT2D eigenvalue weighted by Gasteiger charge is -2.09. The molecule has 156 valence electrons. The quantitative estimate of drug-likeness (QED) is 0.518. The molecule has 0 radical (unpaired) electrons. The van der Waals surface area contributed by atoms with Gasteiger partial charge < -0.3 is 24.6 Å². The number of ether oxygens (including phenoxy) is 2. The number of nitrogens with zero attached hydrogens (tertiary/aromatic N) is 2. The van der Waals surface area contributed by atoms with E-state index in [9.17, 15) is 9.59 Å². The molecule has 9 nitrogen and oxygen atoms in total. The molecule has 3 aromatic rings. The van der Waals surface area contributed by atoms with Crippen molar-refractivity contribution in [3.8, 4) is 22.9 Å². The first-order chi connectivity index (χ1) is 14.6. The molecule has 0 fully saturated rings. The van der Waals surface area contributed by atoms with E-state index in [1.54, 1.807) is 37.4 Å². The highest BCUT2D eigenvalue weighted by Crippen LogP contribution is 2.19. The van der Waals surface area contributed by atoms with Crippen molar-refractivity contribution in [2.75, 3.05) is 26.8 Å². The molecule has 0 saturated heterocycles. The zero-order valence-corrected chi connectivity index (χ0v) is 16.7. The summed E-state index contributed by atoms with van der Waals surface area (Å²) in [5, 5.41) is 9.08. The summed E-state index contributed by atoms with van der Waals surface area (Å²) in [7, 11) is 1.57. The summed E-state index contributed by atoms with van der Waals surface area (Å²) in [6, 6.07) is 14.5. The largest absolute Gasteiger partial charge is 0.497 e. The van der Waals surface area contributed by atoms with Gasteiger partial charge in [0.15, 0.2) is 6.61 Å². The lowest BCUT2D eigenvalue weighted by molar-refractivity contribution is -0.123. The summed E-state index contributed by atoms with van der Waals surface area (Å²) in [6.07, 6.45) is 0. The molecule has 1 aromatic heterocycles. The fourth-order valence-corrected chi connectivity index (χ4v) is 2.54.